The molecule has 2 aliphatic heterocycles. The Labute approximate surface area is 195 Å². The van der Waals surface area contributed by atoms with Gasteiger partial charge < -0.3 is 9.88 Å². The van der Waals surface area contributed by atoms with Crippen LogP contribution in [0.15, 0.2) is 64.8 Å². The zero-order valence-electron chi connectivity index (χ0n) is 18.7. The van der Waals surface area contributed by atoms with E-state index in [0.29, 0.717) is 41.4 Å². The first-order valence-electron chi connectivity index (χ1n) is 10.8. The first kappa shape index (κ1) is 21.4. The van der Waals surface area contributed by atoms with E-state index in [0.717, 1.165) is 11.1 Å². The van der Waals surface area contributed by atoms with E-state index < -0.39 is 6.17 Å². The highest BCUT2D eigenvalue weighted by molar-refractivity contribution is 6.17. The van der Waals surface area contributed by atoms with Crippen LogP contribution in [0.1, 0.15) is 51.4 Å². The van der Waals surface area contributed by atoms with E-state index in [1.54, 1.807) is 48.8 Å². The maximum atomic E-state index is 12.8. The number of aliphatic imine (C=N–C) groups is 2. The summed E-state index contributed by atoms with van der Waals surface area (Å²) >= 11 is 0. The van der Waals surface area contributed by atoms with E-state index >= 15 is 0 Å². The van der Waals surface area contributed by atoms with Crippen molar-refractivity contribution in [1.29, 1.82) is 0 Å². The lowest BCUT2D eigenvalue weighted by Crippen LogP contribution is -2.35. The van der Waals surface area contributed by atoms with Gasteiger partial charge in [-0.2, -0.15) is 4.99 Å². The summed E-state index contributed by atoms with van der Waals surface area (Å²) in [6.45, 7) is 3.90. The minimum absolute atomic E-state index is 0.00762. The molecule has 0 spiro atoms. The lowest BCUT2D eigenvalue weighted by atomic mass is 10.1. The number of anilines is 1. The van der Waals surface area contributed by atoms with Gasteiger partial charge in [0.1, 0.15) is 17.2 Å². The molecule has 2 aliphatic rings. The largest absolute Gasteiger partial charge is 0.346 e. The molecule has 1 aromatic heterocycles. The van der Waals surface area contributed by atoms with Crippen LogP contribution >= 0.6 is 0 Å². The van der Waals surface area contributed by atoms with Crippen molar-refractivity contribution in [1.82, 2.24) is 14.5 Å². The number of Topliss-reactive ketones (excluding diaryl/α,β-unsaturated/α-hetero) is 2. The molecule has 1 atom stereocenters. The number of aromatic nitrogens is 2. The summed E-state index contributed by atoms with van der Waals surface area (Å²) in [6, 6.07) is 14.2. The zero-order chi connectivity index (χ0) is 23.8. The molecule has 0 radical (unpaired) electrons. The van der Waals surface area contributed by atoms with Crippen LogP contribution < -0.4 is 5.32 Å². The van der Waals surface area contributed by atoms with Crippen LogP contribution in [0.5, 0.6) is 0 Å². The number of ketones is 2. The molecule has 0 saturated carbocycles. The van der Waals surface area contributed by atoms with Gasteiger partial charge >= 0.3 is 6.03 Å². The highest BCUT2D eigenvalue weighted by Gasteiger charge is 2.38. The molecular formula is C25H22N6O3. The van der Waals surface area contributed by atoms with E-state index in [1.165, 1.54) is 6.92 Å². The Kier molecular flexibility index (Phi) is 5.37. The van der Waals surface area contributed by atoms with Crippen LogP contribution in [0, 0.1) is 0 Å². The second kappa shape index (κ2) is 8.51. The number of nitrogens with one attached hydrogen (secondary N) is 1. The van der Waals surface area contributed by atoms with E-state index in [4.69, 9.17) is 0 Å². The highest BCUT2D eigenvalue weighted by atomic mass is 16.2. The number of urea groups is 1. The Hall–Kier alpha value is -4.40. The van der Waals surface area contributed by atoms with Gasteiger partial charge in [-0.3, -0.25) is 14.5 Å². The molecule has 2 amide bonds. The minimum Gasteiger partial charge on any atom is -0.331 e. The van der Waals surface area contributed by atoms with Gasteiger partial charge in [0.2, 0.25) is 0 Å². The molecule has 2 aromatic carbocycles. The predicted molar refractivity (Wildman–Crippen MR) is 128 cm³/mol. The monoisotopic (exact) mass is 454 g/mol. The molecule has 170 valence electrons. The van der Waals surface area contributed by atoms with Gasteiger partial charge in [-0.1, -0.05) is 48.5 Å². The van der Waals surface area contributed by atoms with Crippen molar-refractivity contribution < 1.29 is 14.4 Å². The maximum absolute atomic E-state index is 12.8. The number of fused-ring (bicyclic) bond motifs is 3. The standard InChI is InChI=1S/C25H22N6O3/c1-15(32)19-7-3-17(4-8-19)11-30-14-28-21-22-24(27-13-26-23(21)30)31(25(34)29-22)12-18-5-9-20(10-6-18)16(2)33/h3-10,13-14,24H,11-12H2,1-2H3,(H,26,27). The Morgan fingerprint density at radius 1 is 0.912 bits per heavy atom. The molecule has 0 fully saturated rings. The number of carbonyl (C=O) groups excluding carboxylic acids is 3. The molecule has 1 N–H and O–H groups in total. The molecule has 3 aromatic rings. The Balaban J connectivity index is 1.38. The second-order valence-corrected chi connectivity index (χ2v) is 8.28. The van der Waals surface area contributed by atoms with Crippen molar-refractivity contribution in [3.8, 4) is 0 Å². The molecule has 3 heterocycles. The van der Waals surface area contributed by atoms with E-state index in [9.17, 15) is 14.4 Å². The normalized spacial score (nSPS) is 16.4. The number of hydrogen-bond donors (Lipinski definition) is 1. The summed E-state index contributed by atoms with van der Waals surface area (Å²) in [5.41, 5.74) is 4.23. The van der Waals surface area contributed by atoms with Gasteiger partial charge in [0.05, 0.1) is 19.2 Å². The SMILES string of the molecule is CC(=O)c1ccc(CN2C(=O)N=C3c4ncn(Cc5ccc(C(C)=O)cc5)c4NC=NC32)cc1. The molecule has 1 unspecified atom stereocenters. The average molecular weight is 454 g/mol. The fraction of sp³-hybridized carbons (Fsp3) is 0.200. The average Bonchev–Trinajstić information content (AvgIpc) is 3.29. The van der Waals surface area contributed by atoms with Crippen molar-refractivity contribution in [3.63, 3.8) is 0 Å². The molecule has 9 heteroatoms. The predicted octanol–water partition coefficient (Wildman–Crippen LogP) is 3.54. The highest BCUT2D eigenvalue weighted by Crippen LogP contribution is 2.28. The van der Waals surface area contributed by atoms with E-state index in [-0.39, 0.29) is 17.6 Å². The molecule has 0 aliphatic carbocycles. The topological polar surface area (TPSA) is 109 Å². The summed E-state index contributed by atoms with van der Waals surface area (Å²) in [7, 11) is 0. The third-order valence-corrected chi connectivity index (χ3v) is 5.93. The zero-order valence-corrected chi connectivity index (χ0v) is 18.7. The smallest absolute Gasteiger partial charge is 0.331 e. The number of benzene rings is 2. The minimum atomic E-state index is -0.591. The lowest BCUT2D eigenvalue weighted by molar-refractivity contribution is 0.100. The maximum Gasteiger partial charge on any atom is 0.346 e. The number of carbonyl (C=O) groups is 3. The number of hydrogen-bond acceptors (Lipinski definition) is 6. The van der Waals surface area contributed by atoms with E-state index in [1.807, 2.05) is 28.8 Å². The quantitative estimate of drug-likeness (QED) is 0.573. The third-order valence-electron chi connectivity index (χ3n) is 5.93. The van der Waals surface area contributed by atoms with Crippen LogP contribution in [-0.2, 0) is 13.1 Å². The van der Waals surface area contributed by atoms with Crippen LogP contribution in [0.4, 0.5) is 10.6 Å². The lowest BCUT2D eigenvalue weighted by Gasteiger charge is -2.21. The number of nitrogens with zero attached hydrogens (tertiary/aromatic N) is 5. The van der Waals surface area contributed by atoms with Crippen molar-refractivity contribution in [2.24, 2.45) is 9.98 Å². The van der Waals surface area contributed by atoms with Gasteiger partial charge in [-0.25, -0.2) is 14.8 Å². The molecule has 0 bridgehead atoms. The molecular weight excluding hydrogens is 432 g/mol. The number of amides is 2. The van der Waals surface area contributed by atoms with Gasteiger partial charge in [-0.05, 0) is 25.0 Å². The van der Waals surface area contributed by atoms with Gasteiger partial charge in [0.25, 0.3) is 0 Å². The first-order chi connectivity index (χ1) is 16.4. The number of rotatable bonds is 6. The van der Waals surface area contributed by atoms with Crippen LogP contribution in [0.2, 0.25) is 0 Å². The van der Waals surface area contributed by atoms with Crippen molar-refractivity contribution in [2.45, 2.75) is 33.1 Å². The van der Waals surface area contributed by atoms with E-state index in [2.05, 4.69) is 20.3 Å². The fourth-order valence-corrected chi connectivity index (χ4v) is 4.05. The Morgan fingerprint density at radius 3 is 2.09 bits per heavy atom. The second-order valence-electron chi connectivity index (χ2n) is 8.28. The van der Waals surface area contributed by atoms with Gasteiger partial charge in [-0.15, -0.1) is 0 Å². The summed E-state index contributed by atoms with van der Waals surface area (Å²) in [5, 5.41) is 3.17. The molecule has 9 nitrogen and oxygen atoms in total. The first-order valence-corrected chi connectivity index (χ1v) is 10.8. The molecule has 5 rings (SSSR count). The Morgan fingerprint density at radius 2 is 1.50 bits per heavy atom. The third kappa shape index (κ3) is 3.92. The molecule has 34 heavy (non-hydrogen) atoms. The Bertz CT molecular complexity index is 1350. The van der Waals surface area contributed by atoms with Crippen molar-refractivity contribution in [2.75, 3.05) is 5.32 Å². The number of imidazole rings is 1. The summed E-state index contributed by atoms with van der Waals surface area (Å²) in [6.07, 6.45) is 2.67. The van der Waals surface area contributed by atoms with Crippen molar-refractivity contribution >= 4 is 35.5 Å². The van der Waals surface area contributed by atoms with Crippen LogP contribution in [-0.4, -0.2) is 50.3 Å². The summed E-state index contributed by atoms with van der Waals surface area (Å²) < 4.78 is 1.92. The summed E-state index contributed by atoms with van der Waals surface area (Å²) in [5.74, 6) is 0.711. The molecule has 0 saturated heterocycles. The van der Waals surface area contributed by atoms with Gasteiger partial charge in [0.15, 0.2) is 17.7 Å². The van der Waals surface area contributed by atoms with Gasteiger partial charge in [0, 0.05) is 17.7 Å². The van der Waals surface area contributed by atoms with Crippen molar-refractivity contribution in [3.05, 3.63) is 82.8 Å². The fourth-order valence-electron chi connectivity index (χ4n) is 4.05. The van der Waals surface area contributed by atoms with Crippen LogP contribution in [0.25, 0.3) is 0 Å². The summed E-state index contributed by atoms with van der Waals surface area (Å²) in [4.78, 5) is 50.7. The van der Waals surface area contributed by atoms with Crippen LogP contribution in [0.3, 0.4) is 0 Å².